The summed E-state index contributed by atoms with van der Waals surface area (Å²) in [5, 5.41) is 0.792. The molecule has 1 fully saturated rings. The van der Waals surface area contributed by atoms with Crippen molar-refractivity contribution in [2.24, 2.45) is 5.73 Å². The second kappa shape index (κ2) is 6.35. The SMILES string of the molecule is CC1(C)CN(C(CN)c2ccc(Br)cc2Cl)CCS1. The zero-order chi connectivity index (χ0) is 14.0. The van der Waals surface area contributed by atoms with Crippen LogP contribution in [-0.4, -0.2) is 35.0 Å². The molecule has 0 amide bonds. The summed E-state index contributed by atoms with van der Waals surface area (Å²) < 4.78 is 1.29. The molecule has 1 saturated heterocycles. The second-order valence-corrected chi connectivity index (χ2v) is 8.62. The van der Waals surface area contributed by atoms with Crippen molar-refractivity contribution < 1.29 is 0 Å². The molecule has 0 bridgehead atoms. The first kappa shape index (κ1) is 15.6. The molecule has 1 heterocycles. The van der Waals surface area contributed by atoms with Crippen molar-refractivity contribution in [1.82, 2.24) is 4.90 Å². The first-order chi connectivity index (χ1) is 8.93. The topological polar surface area (TPSA) is 29.3 Å². The Balaban J connectivity index is 2.24. The van der Waals surface area contributed by atoms with Gasteiger partial charge in [-0.3, -0.25) is 4.90 Å². The Morgan fingerprint density at radius 1 is 1.53 bits per heavy atom. The minimum atomic E-state index is 0.209. The van der Waals surface area contributed by atoms with Crippen LogP contribution in [0.5, 0.6) is 0 Å². The third-order valence-electron chi connectivity index (χ3n) is 3.44. The lowest BCUT2D eigenvalue weighted by Gasteiger charge is -2.42. The van der Waals surface area contributed by atoms with Gasteiger partial charge in [0.1, 0.15) is 0 Å². The third kappa shape index (κ3) is 3.88. The molecule has 19 heavy (non-hydrogen) atoms. The molecule has 1 atom stereocenters. The van der Waals surface area contributed by atoms with Gasteiger partial charge in [0.15, 0.2) is 0 Å². The highest BCUT2D eigenvalue weighted by atomic mass is 79.9. The van der Waals surface area contributed by atoms with Gasteiger partial charge in [0.05, 0.1) is 0 Å². The molecule has 1 aromatic rings. The van der Waals surface area contributed by atoms with Crippen molar-refractivity contribution in [1.29, 1.82) is 0 Å². The Morgan fingerprint density at radius 2 is 2.26 bits per heavy atom. The Hall–Kier alpha value is 0.260. The van der Waals surface area contributed by atoms with Crippen LogP contribution in [0.2, 0.25) is 5.02 Å². The molecule has 0 spiro atoms. The Bertz CT molecular complexity index is 453. The van der Waals surface area contributed by atoms with Crippen LogP contribution >= 0.6 is 39.3 Å². The van der Waals surface area contributed by atoms with Gasteiger partial charge in [0.25, 0.3) is 0 Å². The van der Waals surface area contributed by atoms with E-state index in [-0.39, 0.29) is 10.8 Å². The zero-order valence-corrected chi connectivity index (χ0v) is 14.5. The van der Waals surface area contributed by atoms with Gasteiger partial charge in [-0.2, -0.15) is 11.8 Å². The van der Waals surface area contributed by atoms with Crippen molar-refractivity contribution >= 4 is 39.3 Å². The monoisotopic (exact) mass is 362 g/mol. The molecule has 2 rings (SSSR count). The standard InChI is InChI=1S/C14H20BrClN2S/c1-14(2)9-18(5-6-19-14)13(8-17)11-4-3-10(15)7-12(11)16/h3-4,7,13H,5-6,8-9,17H2,1-2H3. The van der Waals surface area contributed by atoms with Crippen LogP contribution in [0.15, 0.2) is 22.7 Å². The smallest absolute Gasteiger partial charge is 0.0486 e. The van der Waals surface area contributed by atoms with Crippen LogP contribution in [0.25, 0.3) is 0 Å². The van der Waals surface area contributed by atoms with E-state index in [1.807, 2.05) is 23.9 Å². The first-order valence-corrected chi connectivity index (χ1v) is 8.61. The third-order valence-corrected chi connectivity index (χ3v) is 5.56. The lowest BCUT2D eigenvalue weighted by Crippen LogP contribution is -2.46. The summed E-state index contributed by atoms with van der Waals surface area (Å²) in [6, 6.07) is 6.27. The van der Waals surface area contributed by atoms with Gasteiger partial charge in [-0.15, -0.1) is 0 Å². The predicted molar refractivity (Wildman–Crippen MR) is 89.1 cm³/mol. The van der Waals surface area contributed by atoms with Crippen LogP contribution < -0.4 is 5.73 Å². The van der Waals surface area contributed by atoms with Crippen molar-refractivity contribution in [2.45, 2.75) is 24.6 Å². The maximum absolute atomic E-state index is 6.38. The first-order valence-electron chi connectivity index (χ1n) is 6.46. The quantitative estimate of drug-likeness (QED) is 0.882. The van der Waals surface area contributed by atoms with E-state index in [1.165, 1.54) is 0 Å². The average Bonchev–Trinajstić information content (AvgIpc) is 2.31. The molecule has 0 aliphatic carbocycles. The van der Waals surface area contributed by atoms with Gasteiger partial charge in [0, 0.05) is 45.7 Å². The minimum Gasteiger partial charge on any atom is -0.329 e. The number of halogens is 2. The van der Waals surface area contributed by atoms with Crippen molar-refractivity contribution in [2.75, 3.05) is 25.4 Å². The molecule has 1 unspecified atom stereocenters. The van der Waals surface area contributed by atoms with Crippen LogP contribution in [0, 0.1) is 0 Å². The summed E-state index contributed by atoms with van der Waals surface area (Å²) in [7, 11) is 0. The minimum absolute atomic E-state index is 0.209. The highest BCUT2D eigenvalue weighted by Crippen LogP contribution is 2.36. The molecule has 1 aliphatic rings. The Labute approximate surface area is 133 Å². The number of nitrogens with two attached hydrogens (primary N) is 1. The number of nitrogens with zero attached hydrogens (tertiary/aromatic N) is 1. The van der Waals surface area contributed by atoms with Gasteiger partial charge in [-0.1, -0.05) is 33.6 Å². The highest BCUT2D eigenvalue weighted by molar-refractivity contribution is 9.10. The molecule has 2 nitrogen and oxygen atoms in total. The predicted octanol–water partition coefficient (Wildman–Crippen LogP) is 3.93. The highest BCUT2D eigenvalue weighted by Gasteiger charge is 2.31. The summed E-state index contributed by atoms with van der Waals surface area (Å²) in [4.78, 5) is 2.46. The van der Waals surface area contributed by atoms with E-state index in [4.69, 9.17) is 17.3 Å². The number of rotatable bonds is 3. The van der Waals surface area contributed by atoms with E-state index in [9.17, 15) is 0 Å². The van der Waals surface area contributed by atoms with Crippen molar-refractivity contribution in [3.63, 3.8) is 0 Å². The second-order valence-electron chi connectivity index (χ2n) is 5.50. The van der Waals surface area contributed by atoms with E-state index in [1.54, 1.807) is 0 Å². The van der Waals surface area contributed by atoms with Gasteiger partial charge >= 0.3 is 0 Å². The molecule has 0 aromatic heterocycles. The largest absolute Gasteiger partial charge is 0.329 e. The van der Waals surface area contributed by atoms with E-state index >= 15 is 0 Å². The number of hydrogen-bond donors (Lipinski definition) is 1. The normalized spacial score (nSPS) is 21.3. The Morgan fingerprint density at radius 3 is 2.84 bits per heavy atom. The fourth-order valence-corrected chi connectivity index (χ4v) is 4.50. The molecule has 106 valence electrons. The average molecular weight is 364 g/mol. The molecular formula is C14H20BrClN2S. The fourth-order valence-electron chi connectivity index (χ4n) is 2.56. The van der Waals surface area contributed by atoms with Gasteiger partial charge in [-0.25, -0.2) is 0 Å². The van der Waals surface area contributed by atoms with Crippen LogP contribution in [0.4, 0.5) is 0 Å². The summed E-state index contributed by atoms with van der Waals surface area (Å²) in [6.07, 6.45) is 0. The molecule has 5 heteroatoms. The molecule has 2 N–H and O–H groups in total. The van der Waals surface area contributed by atoms with Crippen LogP contribution in [0.3, 0.4) is 0 Å². The Kier molecular flexibility index (Phi) is 5.23. The summed E-state index contributed by atoms with van der Waals surface area (Å²) in [6.45, 7) is 7.30. The van der Waals surface area contributed by atoms with Crippen molar-refractivity contribution in [3.05, 3.63) is 33.3 Å². The maximum atomic E-state index is 6.38. The molecule has 1 aromatic carbocycles. The number of hydrogen-bond acceptors (Lipinski definition) is 3. The molecule has 1 aliphatic heterocycles. The lowest BCUT2D eigenvalue weighted by molar-refractivity contribution is 0.192. The lowest BCUT2D eigenvalue weighted by atomic mass is 10.0. The summed E-state index contributed by atoms with van der Waals surface area (Å²) in [5.41, 5.74) is 7.15. The van der Waals surface area contributed by atoms with Crippen molar-refractivity contribution in [3.8, 4) is 0 Å². The van der Waals surface area contributed by atoms with E-state index < -0.39 is 0 Å². The van der Waals surface area contributed by atoms with Gasteiger partial charge < -0.3 is 5.73 Å². The van der Waals surface area contributed by atoms with Crippen LogP contribution in [0.1, 0.15) is 25.5 Å². The van der Waals surface area contributed by atoms with E-state index in [0.717, 1.165) is 33.9 Å². The van der Waals surface area contributed by atoms with Gasteiger partial charge in [-0.05, 0) is 31.5 Å². The fraction of sp³-hybridized carbons (Fsp3) is 0.571. The number of thioether (sulfide) groups is 1. The summed E-state index contributed by atoms with van der Waals surface area (Å²) in [5.74, 6) is 1.15. The van der Waals surface area contributed by atoms with E-state index in [0.29, 0.717) is 6.54 Å². The zero-order valence-electron chi connectivity index (χ0n) is 11.3. The molecule has 0 radical (unpaired) electrons. The summed E-state index contributed by atoms with van der Waals surface area (Å²) >= 11 is 11.9. The molecular weight excluding hydrogens is 344 g/mol. The maximum Gasteiger partial charge on any atom is 0.0486 e. The van der Waals surface area contributed by atoms with Crippen LogP contribution in [-0.2, 0) is 0 Å². The van der Waals surface area contributed by atoms with Gasteiger partial charge in [0.2, 0.25) is 0 Å². The van der Waals surface area contributed by atoms with E-state index in [2.05, 4.69) is 40.7 Å². The molecule has 0 saturated carbocycles. The number of benzene rings is 1.